The highest BCUT2D eigenvalue weighted by Gasteiger charge is 2.28. The molecule has 0 heterocycles. The zero-order valence-electron chi connectivity index (χ0n) is 19.7. The van der Waals surface area contributed by atoms with Crippen molar-refractivity contribution < 1.29 is 14.3 Å². The topological polar surface area (TPSA) is 58.6 Å². The largest absolute Gasteiger partial charge is 0.497 e. The summed E-state index contributed by atoms with van der Waals surface area (Å²) in [7, 11) is 1.63. The van der Waals surface area contributed by atoms with Crippen molar-refractivity contribution >= 4 is 23.6 Å². The van der Waals surface area contributed by atoms with Gasteiger partial charge in [-0.05, 0) is 48.6 Å². The standard InChI is InChI=1S/C26H36N2O3S/c1-5-7-16-27-26(30)24(6-2)28(17-21-12-14-23(31-4)15-13-21)25(29)19-32-18-22-11-9-8-10-20(22)3/h8-15,24H,5-7,16-19H2,1-4H3,(H,27,30). The number of benzene rings is 2. The van der Waals surface area contributed by atoms with Crippen molar-refractivity contribution in [1.29, 1.82) is 0 Å². The van der Waals surface area contributed by atoms with Crippen molar-refractivity contribution in [2.75, 3.05) is 19.4 Å². The Morgan fingerprint density at radius 1 is 1.09 bits per heavy atom. The molecule has 32 heavy (non-hydrogen) atoms. The number of amides is 2. The van der Waals surface area contributed by atoms with Crippen LogP contribution in [0.15, 0.2) is 48.5 Å². The van der Waals surface area contributed by atoms with Gasteiger partial charge in [0.05, 0.1) is 12.9 Å². The Morgan fingerprint density at radius 2 is 1.81 bits per heavy atom. The van der Waals surface area contributed by atoms with Crippen LogP contribution >= 0.6 is 11.8 Å². The van der Waals surface area contributed by atoms with Gasteiger partial charge in [-0.3, -0.25) is 9.59 Å². The quantitative estimate of drug-likeness (QED) is 0.433. The Labute approximate surface area is 196 Å². The number of thioether (sulfide) groups is 1. The van der Waals surface area contributed by atoms with Crippen molar-refractivity contribution in [3.05, 3.63) is 65.2 Å². The van der Waals surface area contributed by atoms with E-state index in [4.69, 9.17) is 4.74 Å². The molecule has 1 atom stereocenters. The molecule has 0 aliphatic heterocycles. The van der Waals surface area contributed by atoms with Crippen LogP contribution < -0.4 is 10.1 Å². The summed E-state index contributed by atoms with van der Waals surface area (Å²) in [6.07, 6.45) is 2.52. The molecular weight excluding hydrogens is 420 g/mol. The van der Waals surface area contributed by atoms with Gasteiger partial charge in [-0.1, -0.05) is 56.7 Å². The average molecular weight is 457 g/mol. The Morgan fingerprint density at radius 3 is 2.44 bits per heavy atom. The second kappa shape index (κ2) is 13.8. The summed E-state index contributed by atoms with van der Waals surface area (Å²) in [5.74, 6) is 1.78. The summed E-state index contributed by atoms with van der Waals surface area (Å²) >= 11 is 1.59. The maximum absolute atomic E-state index is 13.3. The van der Waals surface area contributed by atoms with E-state index in [0.717, 1.165) is 29.9 Å². The Hall–Kier alpha value is -2.47. The lowest BCUT2D eigenvalue weighted by Gasteiger charge is -2.30. The lowest BCUT2D eigenvalue weighted by molar-refractivity contribution is -0.139. The van der Waals surface area contributed by atoms with E-state index < -0.39 is 6.04 Å². The molecule has 0 aromatic heterocycles. The van der Waals surface area contributed by atoms with Crippen LogP contribution in [-0.2, 0) is 21.9 Å². The highest BCUT2D eigenvalue weighted by molar-refractivity contribution is 7.99. The molecule has 1 unspecified atom stereocenters. The van der Waals surface area contributed by atoms with Crippen molar-refractivity contribution in [2.45, 2.75) is 58.4 Å². The molecule has 2 aromatic carbocycles. The summed E-state index contributed by atoms with van der Waals surface area (Å²) in [6.45, 7) is 7.17. The summed E-state index contributed by atoms with van der Waals surface area (Å²) < 4.78 is 5.24. The number of aryl methyl sites for hydroxylation is 1. The average Bonchev–Trinajstić information content (AvgIpc) is 2.80. The van der Waals surface area contributed by atoms with Crippen LogP contribution in [0.3, 0.4) is 0 Å². The highest BCUT2D eigenvalue weighted by Crippen LogP contribution is 2.20. The molecule has 0 aliphatic carbocycles. The molecule has 0 fully saturated rings. The van der Waals surface area contributed by atoms with Crippen LogP contribution in [0.25, 0.3) is 0 Å². The van der Waals surface area contributed by atoms with Crippen molar-refractivity contribution in [3.63, 3.8) is 0 Å². The third-order valence-electron chi connectivity index (χ3n) is 5.47. The van der Waals surface area contributed by atoms with Crippen LogP contribution in [0.2, 0.25) is 0 Å². The molecule has 0 bridgehead atoms. The van der Waals surface area contributed by atoms with Gasteiger partial charge in [-0.15, -0.1) is 11.8 Å². The first-order valence-electron chi connectivity index (χ1n) is 11.3. The minimum Gasteiger partial charge on any atom is -0.497 e. The number of rotatable bonds is 13. The molecule has 1 N–H and O–H groups in total. The number of methoxy groups -OCH3 is 1. The summed E-state index contributed by atoms with van der Waals surface area (Å²) in [6, 6.07) is 15.4. The van der Waals surface area contributed by atoms with Crippen LogP contribution in [0.5, 0.6) is 5.75 Å². The summed E-state index contributed by atoms with van der Waals surface area (Å²) in [5.41, 5.74) is 3.43. The molecule has 2 rings (SSSR count). The number of hydrogen-bond acceptors (Lipinski definition) is 4. The fraction of sp³-hybridized carbons (Fsp3) is 0.462. The number of hydrogen-bond donors (Lipinski definition) is 1. The van der Waals surface area contributed by atoms with Gasteiger partial charge in [-0.25, -0.2) is 0 Å². The zero-order chi connectivity index (χ0) is 23.3. The van der Waals surface area contributed by atoms with E-state index in [2.05, 4.69) is 31.3 Å². The lowest BCUT2D eigenvalue weighted by Crippen LogP contribution is -2.49. The number of nitrogens with zero attached hydrogens (tertiary/aromatic N) is 1. The maximum Gasteiger partial charge on any atom is 0.242 e. The van der Waals surface area contributed by atoms with Gasteiger partial charge in [-0.2, -0.15) is 0 Å². The van der Waals surface area contributed by atoms with Crippen LogP contribution in [0, 0.1) is 6.92 Å². The highest BCUT2D eigenvalue weighted by atomic mass is 32.2. The summed E-state index contributed by atoms with van der Waals surface area (Å²) in [4.78, 5) is 27.9. The Kier molecular flexibility index (Phi) is 11.2. The minimum absolute atomic E-state index is 0.0168. The van der Waals surface area contributed by atoms with Gasteiger partial charge in [0.25, 0.3) is 0 Å². The minimum atomic E-state index is -0.486. The molecule has 5 nitrogen and oxygen atoms in total. The number of carbonyl (C=O) groups is 2. The number of carbonyl (C=O) groups excluding carboxylic acids is 2. The van der Waals surface area contributed by atoms with Crippen LogP contribution in [-0.4, -0.2) is 42.2 Å². The Balaban J connectivity index is 2.12. The molecule has 0 spiro atoms. The summed E-state index contributed by atoms with van der Waals surface area (Å²) in [5, 5.41) is 3.00. The first-order valence-corrected chi connectivity index (χ1v) is 12.5. The molecule has 0 saturated heterocycles. The molecule has 174 valence electrons. The predicted molar refractivity (Wildman–Crippen MR) is 133 cm³/mol. The van der Waals surface area contributed by atoms with Gasteiger partial charge in [0.15, 0.2) is 0 Å². The van der Waals surface area contributed by atoms with Gasteiger partial charge in [0.2, 0.25) is 11.8 Å². The van der Waals surface area contributed by atoms with Crippen molar-refractivity contribution in [1.82, 2.24) is 10.2 Å². The van der Waals surface area contributed by atoms with Gasteiger partial charge >= 0.3 is 0 Å². The van der Waals surface area contributed by atoms with E-state index in [1.54, 1.807) is 23.8 Å². The van der Waals surface area contributed by atoms with E-state index in [1.807, 2.05) is 43.3 Å². The van der Waals surface area contributed by atoms with Crippen molar-refractivity contribution in [2.24, 2.45) is 0 Å². The molecule has 0 radical (unpaired) electrons. The first kappa shape index (κ1) is 25.8. The van der Waals surface area contributed by atoms with E-state index >= 15 is 0 Å². The van der Waals surface area contributed by atoms with E-state index in [0.29, 0.717) is 25.3 Å². The zero-order valence-corrected chi connectivity index (χ0v) is 20.5. The molecular formula is C26H36N2O3S. The molecule has 0 aliphatic rings. The molecule has 2 aromatic rings. The normalized spacial score (nSPS) is 11.6. The van der Waals surface area contributed by atoms with Crippen LogP contribution in [0.1, 0.15) is 49.8 Å². The maximum atomic E-state index is 13.3. The van der Waals surface area contributed by atoms with Gasteiger partial charge in [0, 0.05) is 18.8 Å². The fourth-order valence-electron chi connectivity index (χ4n) is 3.46. The SMILES string of the molecule is CCCCNC(=O)C(CC)N(Cc1ccc(OC)cc1)C(=O)CSCc1ccccc1C. The van der Waals surface area contributed by atoms with Crippen LogP contribution in [0.4, 0.5) is 0 Å². The smallest absolute Gasteiger partial charge is 0.242 e. The third-order valence-corrected chi connectivity index (χ3v) is 6.44. The van der Waals surface area contributed by atoms with E-state index in [9.17, 15) is 9.59 Å². The molecule has 0 saturated carbocycles. The monoisotopic (exact) mass is 456 g/mol. The number of nitrogens with one attached hydrogen (secondary N) is 1. The number of unbranched alkanes of at least 4 members (excludes halogenated alkanes) is 1. The molecule has 6 heteroatoms. The molecule has 2 amide bonds. The van der Waals surface area contributed by atoms with Gasteiger partial charge in [0.1, 0.15) is 11.8 Å². The third kappa shape index (κ3) is 7.90. The Bertz CT molecular complexity index is 854. The second-order valence-corrected chi connectivity index (χ2v) is 8.84. The van der Waals surface area contributed by atoms with E-state index in [1.165, 1.54) is 11.1 Å². The number of ether oxygens (including phenoxy) is 1. The lowest BCUT2D eigenvalue weighted by atomic mass is 10.1. The second-order valence-electron chi connectivity index (χ2n) is 7.86. The predicted octanol–water partition coefficient (Wildman–Crippen LogP) is 4.96. The fourth-order valence-corrected chi connectivity index (χ4v) is 4.44. The first-order chi connectivity index (χ1) is 15.5. The van der Waals surface area contributed by atoms with E-state index in [-0.39, 0.29) is 11.8 Å². The van der Waals surface area contributed by atoms with Gasteiger partial charge < -0.3 is 15.0 Å². The van der Waals surface area contributed by atoms with Crippen molar-refractivity contribution in [3.8, 4) is 5.75 Å².